The molecule has 0 saturated carbocycles. The predicted octanol–water partition coefficient (Wildman–Crippen LogP) is 3.11. The number of phenolic OH excluding ortho intramolecular Hbond substituents is 1. The Labute approximate surface area is 167 Å². The molecule has 8 nitrogen and oxygen atoms in total. The number of hydrogen-bond donors (Lipinski definition) is 1. The van der Waals surface area contributed by atoms with Crippen molar-refractivity contribution in [1.82, 2.24) is 10.2 Å². The highest BCUT2D eigenvalue weighted by Crippen LogP contribution is 2.43. The van der Waals surface area contributed by atoms with Gasteiger partial charge in [-0.2, -0.15) is 0 Å². The quantitative estimate of drug-likeness (QED) is 0.556. The van der Waals surface area contributed by atoms with E-state index in [1.165, 1.54) is 34.9 Å². The van der Waals surface area contributed by atoms with Crippen molar-refractivity contribution in [3.8, 4) is 11.5 Å². The molecule has 144 valence electrons. The zero-order valence-corrected chi connectivity index (χ0v) is 15.8. The summed E-state index contributed by atoms with van der Waals surface area (Å²) < 4.78 is 11.0. The van der Waals surface area contributed by atoms with Crippen LogP contribution >= 0.6 is 11.3 Å². The van der Waals surface area contributed by atoms with Crippen LogP contribution in [-0.2, 0) is 0 Å². The Morgan fingerprint density at radius 1 is 1.21 bits per heavy atom. The fourth-order valence-corrected chi connectivity index (χ4v) is 4.15. The van der Waals surface area contributed by atoms with Gasteiger partial charge in [-0.05, 0) is 29.8 Å². The molecule has 0 spiro atoms. The lowest BCUT2D eigenvalue weighted by Gasteiger charge is -2.22. The number of hydrogen-bond acceptors (Lipinski definition) is 8. The van der Waals surface area contributed by atoms with Crippen molar-refractivity contribution in [2.75, 3.05) is 12.0 Å². The Morgan fingerprint density at radius 2 is 2.03 bits per heavy atom. The van der Waals surface area contributed by atoms with Gasteiger partial charge in [-0.25, -0.2) is 0 Å². The molecule has 0 radical (unpaired) electrons. The summed E-state index contributed by atoms with van der Waals surface area (Å²) >= 11 is 1.17. The van der Waals surface area contributed by atoms with Gasteiger partial charge in [-0.1, -0.05) is 29.5 Å². The SMILES string of the molecule is COc1cc([C@H]2c3c(oc4ccccc4c3=O)C(=O)N2c2nncs2)ccc1O. The third kappa shape index (κ3) is 2.51. The number of methoxy groups -OCH3 is 1. The molecule has 1 aliphatic heterocycles. The summed E-state index contributed by atoms with van der Waals surface area (Å²) in [7, 11) is 1.43. The highest BCUT2D eigenvalue weighted by atomic mass is 32.1. The lowest BCUT2D eigenvalue weighted by Crippen LogP contribution is -2.29. The van der Waals surface area contributed by atoms with Gasteiger partial charge in [0.1, 0.15) is 11.1 Å². The lowest BCUT2D eigenvalue weighted by atomic mass is 9.98. The van der Waals surface area contributed by atoms with E-state index in [4.69, 9.17) is 9.15 Å². The van der Waals surface area contributed by atoms with Crippen LogP contribution in [-0.4, -0.2) is 28.3 Å². The summed E-state index contributed by atoms with van der Waals surface area (Å²) in [4.78, 5) is 28.0. The van der Waals surface area contributed by atoms with Crippen LogP contribution in [0.15, 0.2) is 57.2 Å². The number of carbonyl (C=O) groups is 1. The standard InChI is InChI=1S/C20H13N3O5S/c1-27-14-8-10(6-7-12(14)24)16-15-17(25)11-4-2-3-5-13(11)28-18(15)19(26)23(16)20-22-21-9-29-20/h2-9,16,24H,1H3/t16-/m0/s1. The van der Waals surface area contributed by atoms with Crippen molar-refractivity contribution in [2.24, 2.45) is 0 Å². The molecule has 2 aromatic heterocycles. The van der Waals surface area contributed by atoms with Gasteiger partial charge in [0.05, 0.1) is 24.1 Å². The topological polar surface area (TPSA) is 106 Å². The number of carbonyl (C=O) groups excluding carboxylic acids is 1. The monoisotopic (exact) mass is 407 g/mol. The van der Waals surface area contributed by atoms with Crippen molar-refractivity contribution in [2.45, 2.75) is 6.04 Å². The summed E-state index contributed by atoms with van der Waals surface area (Å²) in [5, 5.41) is 18.5. The van der Waals surface area contributed by atoms with Crippen LogP contribution in [0.3, 0.4) is 0 Å². The smallest absolute Gasteiger partial charge is 0.297 e. The van der Waals surface area contributed by atoms with E-state index < -0.39 is 11.9 Å². The largest absolute Gasteiger partial charge is 0.504 e. The minimum Gasteiger partial charge on any atom is -0.504 e. The van der Waals surface area contributed by atoms with E-state index in [1.54, 1.807) is 36.4 Å². The number of rotatable bonds is 3. The molecule has 5 rings (SSSR count). The molecule has 1 atom stereocenters. The maximum Gasteiger partial charge on any atom is 0.297 e. The van der Waals surface area contributed by atoms with E-state index in [0.29, 0.717) is 21.7 Å². The van der Waals surface area contributed by atoms with Gasteiger partial charge in [0, 0.05) is 0 Å². The van der Waals surface area contributed by atoms with E-state index in [0.717, 1.165) is 0 Å². The fraction of sp³-hybridized carbons (Fsp3) is 0.100. The second kappa shape index (κ2) is 6.42. The molecular weight excluding hydrogens is 394 g/mol. The second-order valence-electron chi connectivity index (χ2n) is 6.40. The molecule has 0 fully saturated rings. The van der Waals surface area contributed by atoms with Gasteiger partial charge in [-0.3, -0.25) is 14.5 Å². The third-order valence-electron chi connectivity index (χ3n) is 4.85. The molecule has 29 heavy (non-hydrogen) atoms. The fourth-order valence-electron chi connectivity index (χ4n) is 3.57. The third-order valence-corrected chi connectivity index (χ3v) is 5.54. The van der Waals surface area contributed by atoms with Crippen molar-refractivity contribution in [3.05, 3.63) is 75.1 Å². The Kier molecular flexibility index (Phi) is 3.85. The first kappa shape index (κ1) is 17.4. The summed E-state index contributed by atoms with van der Waals surface area (Å²) in [6.07, 6.45) is 0. The van der Waals surface area contributed by atoms with Crippen molar-refractivity contribution in [1.29, 1.82) is 0 Å². The minimum atomic E-state index is -0.791. The lowest BCUT2D eigenvalue weighted by molar-refractivity contribution is 0.0970. The average molecular weight is 407 g/mol. The van der Waals surface area contributed by atoms with E-state index in [9.17, 15) is 14.7 Å². The number of amides is 1. The molecule has 1 amide bonds. The molecule has 0 aliphatic carbocycles. The molecule has 0 saturated heterocycles. The number of ether oxygens (including phenoxy) is 1. The predicted molar refractivity (Wildman–Crippen MR) is 106 cm³/mol. The number of nitrogens with zero attached hydrogens (tertiary/aromatic N) is 3. The highest BCUT2D eigenvalue weighted by molar-refractivity contribution is 7.13. The molecule has 9 heteroatoms. The van der Waals surface area contributed by atoms with Gasteiger partial charge >= 0.3 is 0 Å². The number of benzene rings is 2. The number of anilines is 1. The normalized spacial score (nSPS) is 15.7. The van der Waals surface area contributed by atoms with Gasteiger partial charge in [0.25, 0.3) is 5.91 Å². The van der Waals surface area contributed by atoms with Gasteiger partial charge < -0.3 is 14.3 Å². The minimum absolute atomic E-state index is 0.0269. The summed E-state index contributed by atoms with van der Waals surface area (Å²) in [5.41, 5.74) is 2.34. The van der Waals surface area contributed by atoms with Gasteiger partial charge in [0.2, 0.25) is 10.9 Å². The molecule has 0 bridgehead atoms. The second-order valence-corrected chi connectivity index (χ2v) is 7.21. The molecule has 3 heterocycles. The Bertz CT molecular complexity index is 1320. The average Bonchev–Trinajstić information content (AvgIpc) is 3.35. The number of para-hydroxylation sites is 1. The first-order chi connectivity index (χ1) is 14.1. The van der Waals surface area contributed by atoms with Crippen LogP contribution in [0.25, 0.3) is 11.0 Å². The van der Waals surface area contributed by atoms with Crippen LogP contribution < -0.4 is 15.1 Å². The maximum atomic E-state index is 13.3. The highest BCUT2D eigenvalue weighted by Gasteiger charge is 2.45. The zero-order chi connectivity index (χ0) is 20.1. The molecule has 4 aromatic rings. The van der Waals surface area contributed by atoms with Gasteiger partial charge in [0.15, 0.2) is 16.9 Å². The molecule has 2 aromatic carbocycles. The van der Waals surface area contributed by atoms with E-state index in [-0.39, 0.29) is 28.3 Å². The van der Waals surface area contributed by atoms with Gasteiger partial charge in [-0.15, -0.1) is 10.2 Å². The van der Waals surface area contributed by atoms with Crippen molar-refractivity contribution >= 4 is 33.3 Å². The van der Waals surface area contributed by atoms with Crippen LogP contribution in [0, 0.1) is 0 Å². The summed E-state index contributed by atoms with van der Waals surface area (Å²) in [6.45, 7) is 0. The number of phenols is 1. The summed E-state index contributed by atoms with van der Waals surface area (Å²) in [6, 6.07) is 10.7. The van der Waals surface area contributed by atoms with Crippen LogP contribution in [0.4, 0.5) is 5.13 Å². The Hall–Kier alpha value is -3.72. The Balaban J connectivity index is 1.83. The first-order valence-electron chi connectivity index (χ1n) is 8.62. The van der Waals surface area contributed by atoms with Crippen molar-refractivity contribution < 1.29 is 19.1 Å². The maximum absolute atomic E-state index is 13.3. The molecule has 1 aliphatic rings. The first-order valence-corrected chi connectivity index (χ1v) is 9.50. The number of aromatic nitrogens is 2. The molecule has 0 unspecified atom stereocenters. The number of aromatic hydroxyl groups is 1. The van der Waals surface area contributed by atoms with Crippen molar-refractivity contribution in [3.63, 3.8) is 0 Å². The molecule has 1 N–H and O–H groups in total. The zero-order valence-electron chi connectivity index (χ0n) is 15.0. The number of fused-ring (bicyclic) bond motifs is 2. The van der Waals surface area contributed by atoms with E-state index in [2.05, 4.69) is 10.2 Å². The van der Waals surface area contributed by atoms with Crippen LogP contribution in [0.2, 0.25) is 0 Å². The van der Waals surface area contributed by atoms with E-state index >= 15 is 0 Å². The summed E-state index contributed by atoms with van der Waals surface area (Å²) in [5.74, 6) is -0.322. The van der Waals surface area contributed by atoms with Crippen LogP contribution in [0.5, 0.6) is 11.5 Å². The Morgan fingerprint density at radius 3 is 2.79 bits per heavy atom. The van der Waals surface area contributed by atoms with E-state index in [1.807, 2.05) is 0 Å². The van der Waals surface area contributed by atoms with Crippen LogP contribution in [0.1, 0.15) is 27.7 Å². The molecular formula is C20H13N3O5S.